The van der Waals surface area contributed by atoms with Crippen molar-refractivity contribution < 1.29 is 0 Å². The van der Waals surface area contributed by atoms with Gasteiger partial charge in [0.15, 0.2) is 11.1 Å². The maximum atomic E-state index is 6.29. The number of nitrogens with zero attached hydrogens (tertiary/aromatic N) is 6. The van der Waals surface area contributed by atoms with Crippen LogP contribution in [0, 0.1) is 0 Å². The van der Waals surface area contributed by atoms with Crippen LogP contribution in [0.1, 0.15) is 18.0 Å². The number of anilines is 1. The molecule has 0 radical (unpaired) electrons. The van der Waals surface area contributed by atoms with Gasteiger partial charge in [-0.3, -0.25) is 9.89 Å². The molecule has 2 saturated heterocycles. The maximum absolute atomic E-state index is 6.29. The quantitative estimate of drug-likeness (QED) is 0.432. The van der Waals surface area contributed by atoms with Crippen LogP contribution in [0.25, 0.3) is 0 Å². The molecule has 162 valence electrons. The highest BCUT2D eigenvalue weighted by Gasteiger charge is 2.26. The van der Waals surface area contributed by atoms with E-state index < -0.39 is 0 Å². The monoisotopic (exact) mass is 427 g/mol. The minimum absolute atomic E-state index is 0.463. The minimum Gasteiger partial charge on any atom is -0.370 e. The standard InChI is InChI=1S/C22H33N7S/c1-26-11-12-27(20(18-26)19-6-3-2-4-7-19)10-5-8-24-21(23)28-13-15-29(16-14-28)22-25-9-17-30-22/h2-4,6-7,9,17,20H,5,8,10-16,18H2,1H3,(H2,23,24). The number of thiazole rings is 1. The Kier molecular flexibility index (Phi) is 7.20. The molecule has 2 aliphatic heterocycles. The second-order valence-corrected chi connectivity index (χ2v) is 8.98. The number of hydrogen-bond donors (Lipinski definition) is 1. The van der Waals surface area contributed by atoms with Gasteiger partial charge in [-0.05, 0) is 19.0 Å². The molecule has 1 unspecified atom stereocenters. The summed E-state index contributed by atoms with van der Waals surface area (Å²) in [6, 6.07) is 11.3. The summed E-state index contributed by atoms with van der Waals surface area (Å²) < 4.78 is 0. The van der Waals surface area contributed by atoms with Gasteiger partial charge in [0.25, 0.3) is 0 Å². The van der Waals surface area contributed by atoms with Gasteiger partial charge in [0, 0.05) is 76.5 Å². The van der Waals surface area contributed by atoms with Crippen molar-refractivity contribution in [2.24, 2.45) is 10.7 Å². The second-order valence-electron chi connectivity index (χ2n) is 8.11. The first-order valence-corrected chi connectivity index (χ1v) is 11.8. The third kappa shape index (κ3) is 5.30. The average Bonchev–Trinajstić information content (AvgIpc) is 3.33. The van der Waals surface area contributed by atoms with Crippen molar-refractivity contribution in [3.05, 3.63) is 47.5 Å². The lowest BCUT2D eigenvalue weighted by molar-refractivity contribution is 0.0894. The van der Waals surface area contributed by atoms with Crippen molar-refractivity contribution >= 4 is 22.4 Å². The number of aliphatic imine (C=N–C) groups is 1. The van der Waals surface area contributed by atoms with Gasteiger partial charge in [-0.15, -0.1) is 11.3 Å². The van der Waals surface area contributed by atoms with Gasteiger partial charge in [0.2, 0.25) is 0 Å². The van der Waals surface area contributed by atoms with E-state index in [1.54, 1.807) is 11.3 Å². The summed E-state index contributed by atoms with van der Waals surface area (Å²) in [5.41, 5.74) is 7.70. The highest BCUT2D eigenvalue weighted by atomic mass is 32.1. The highest BCUT2D eigenvalue weighted by molar-refractivity contribution is 7.13. The molecular formula is C22H33N7S. The normalized spacial score (nSPS) is 21.9. The Morgan fingerprint density at radius 2 is 1.93 bits per heavy atom. The van der Waals surface area contributed by atoms with Crippen LogP contribution < -0.4 is 10.6 Å². The Hall–Kier alpha value is -2.16. The third-order valence-corrected chi connectivity index (χ3v) is 6.88. The molecule has 30 heavy (non-hydrogen) atoms. The van der Waals surface area contributed by atoms with Crippen molar-refractivity contribution in [2.45, 2.75) is 12.5 Å². The van der Waals surface area contributed by atoms with E-state index in [2.05, 4.69) is 67.0 Å². The predicted molar refractivity (Wildman–Crippen MR) is 125 cm³/mol. The minimum atomic E-state index is 0.463. The third-order valence-electron chi connectivity index (χ3n) is 6.05. The van der Waals surface area contributed by atoms with Gasteiger partial charge in [-0.25, -0.2) is 4.98 Å². The first kappa shape index (κ1) is 21.1. The zero-order chi connectivity index (χ0) is 20.8. The second kappa shape index (κ2) is 10.2. The van der Waals surface area contributed by atoms with Crippen LogP contribution in [0.15, 0.2) is 46.9 Å². The van der Waals surface area contributed by atoms with E-state index in [4.69, 9.17) is 5.73 Å². The summed E-state index contributed by atoms with van der Waals surface area (Å²) >= 11 is 1.70. The highest BCUT2D eigenvalue weighted by Crippen LogP contribution is 2.24. The molecule has 2 N–H and O–H groups in total. The maximum Gasteiger partial charge on any atom is 0.191 e. The number of guanidine groups is 1. The number of hydrogen-bond acceptors (Lipinski definition) is 6. The summed E-state index contributed by atoms with van der Waals surface area (Å²) in [5, 5.41) is 3.13. The van der Waals surface area contributed by atoms with Crippen molar-refractivity contribution in [2.75, 3.05) is 70.9 Å². The molecule has 7 nitrogen and oxygen atoms in total. The lowest BCUT2D eigenvalue weighted by Gasteiger charge is -2.40. The van der Waals surface area contributed by atoms with E-state index in [0.717, 1.165) is 70.5 Å². The van der Waals surface area contributed by atoms with Crippen molar-refractivity contribution in [3.63, 3.8) is 0 Å². The van der Waals surface area contributed by atoms with E-state index in [1.807, 2.05) is 11.6 Å². The molecule has 0 saturated carbocycles. The smallest absolute Gasteiger partial charge is 0.191 e. The van der Waals surface area contributed by atoms with E-state index in [0.29, 0.717) is 12.0 Å². The number of nitrogens with two attached hydrogens (primary N) is 1. The molecule has 1 aromatic heterocycles. The topological polar surface area (TPSA) is 64.2 Å². The van der Waals surface area contributed by atoms with Gasteiger partial charge in [0.1, 0.15) is 0 Å². The molecule has 0 spiro atoms. The fourth-order valence-electron chi connectivity index (χ4n) is 4.28. The van der Waals surface area contributed by atoms with Gasteiger partial charge in [-0.1, -0.05) is 30.3 Å². The summed E-state index contributed by atoms with van der Waals surface area (Å²) in [6.07, 6.45) is 2.90. The van der Waals surface area contributed by atoms with Crippen molar-refractivity contribution in [3.8, 4) is 0 Å². The van der Waals surface area contributed by atoms with E-state index >= 15 is 0 Å². The summed E-state index contributed by atoms with van der Waals surface area (Å²) in [7, 11) is 2.21. The van der Waals surface area contributed by atoms with Gasteiger partial charge in [0.05, 0.1) is 0 Å². The molecular weight excluding hydrogens is 394 g/mol. The SMILES string of the molecule is CN1CCN(CCCN=C(N)N2CCN(c3nccs3)CC2)C(c2ccccc2)C1. The lowest BCUT2D eigenvalue weighted by Crippen LogP contribution is -2.51. The molecule has 2 aliphatic rings. The van der Waals surface area contributed by atoms with E-state index in [9.17, 15) is 0 Å². The molecule has 0 amide bonds. The number of aromatic nitrogens is 1. The summed E-state index contributed by atoms with van der Waals surface area (Å²) in [5.74, 6) is 0.687. The molecule has 2 fully saturated rings. The van der Waals surface area contributed by atoms with E-state index in [1.165, 1.54) is 5.56 Å². The first-order chi connectivity index (χ1) is 14.7. The van der Waals surface area contributed by atoms with Crippen LogP contribution in [0.2, 0.25) is 0 Å². The van der Waals surface area contributed by atoms with Crippen LogP contribution in [0.4, 0.5) is 5.13 Å². The summed E-state index contributed by atoms with van der Waals surface area (Å²) in [4.78, 5) is 18.6. The van der Waals surface area contributed by atoms with Gasteiger partial charge < -0.3 is 20.4 Å². The number of benzene rings is 1. The first-order valence-electron chi connectivity index (χ1n) is 10.9. The fourth-order valence-corrected chi connectivity index (χ4v) is 4.98. The Labute approximate surface area is 183 Å². The molecule has 1 aromatic carbocycles. The Bertz CT molecular complexity index is 787. The van der Waals surface area contributed by atoms with Crippen molar-refractivity contribution in [1.82, 2.24) is 19.7 Å². The van der Waals surface area contributed by atoms with Crippen LogP contribution in [0.3, 0.4) is 0 Å². The number of piperazine rings is 2. The average molecular weight is 428 g/mol. The fraction of sp³-hybridized carbons (Fsp3) is 0.545. The summed E-state index contributed by atoms with van der Waals surface area (Å²) in [6.45, 7) is 8.86. The van der Waals surface area contributed by atoms with E-state index in [-0.39, 0.29) is 0 Å². The molecule has 3 heterocycles. The lowest BCUT2D eigenvalue weighted by atomic mass is 10.0. The van der Waals surface area contributed by atoms with Crippen LogP contribution in [-0.2, 0) is 0 Å². The Morgan fingerprint density at radius 1 is 1.13 bits per heavy atom. The molecule has 0 bridgehead atoms. The number of likely N-dealkylation sites (N-methyl/N-ethyl adjacent to an activating group) is 1. The Balaban J connectivity index is 1.24. The predicted octanol–water partition coefficient (Wildman–Crippen LogP) is 1.96. The van der Waals surface area contributed by atoms with Crippen molar-refractivity contribution in [1.29, 1.82) is 0 Å². The van der Waals surface area contributed by atoms with Crippen LogP contribution in [0.5, 0.6) is 0 Å². The van der Waals surface area contributed by atoms with Crippen LogP contribution >= 0.6 is 11.3 Å². The zero-order valence-corrected chi connectivity index (χ0v) is 18.7. The van der Waals surface area contributed by atoms with Crippen LogP contribution in [-0.4, -0.2) is 91.6 Å². The zero-order valence-electron chi connectivity index (χ0n) is 17.9. The molecule has 8 heteroatoms. The molecule has 4 rings (SSSR count). The Morgan fingerprint density at radius 3 is 2.67 bits per heavy atom. The molecule has 2 aromatic rings. The molecule has 0 aliphatic carbocycles. The molecule has 1 atom stereocenters. The van der Waals surface area contributed by atoms with Gasteiger partial charge in [-0.2, -0.15) is 0 Å². The van der Waals surface area contributed by atoms with Gasteiger partial charge >= 0.3 is 0 Å². The number of rotatable bonds is 6. The largest absolute Gasteiger partial charge is 0.370 e.